The Balaban J connectivity index is 2.06. The van der Waals surface area contributed by atoms with Crippen LogP contribution < -0.4 is 0 Å². The van der Waals surface area contributed by atoms with Crippen molar-refractivity contribution in [2.45, 2.75) is 26.2 Å². The normalized spacial score (nSPS) is 11.6. The molecule has 0 aliphatic carbocycles. The van der Waals surface area contributed by atoms with Gasteiger partial charge in [-0.25, -0.2) is 0 Å². The van der Waals surface area contributed by atoms with Gasteiger partial charge in [0.25, 0.3) is 0 Å². The van der Waals surface area contributed by atoms with Crippen LogP contribution in [0, 0.1) is 0 Å². The van der Waals surface area contributed by atoms with Crippen molar-refractivity contribution in [1.82, 2.24) is 10.2 Å². The first kappa shape index (κ1) is 14.0. The lowest BCUT2D eigenvalue weighted by atomic mass is 9.84. The van der Waals surface area contributed by atoms with Crippen LogP contribution >= 0.6 is 11.3 Å². The molecule has 1 aromatic heterocycles. The highest BCUT2D eigenvalue weighted by atomic mass is 32.1. The minimum atomic E-state index is 0.0924. The first-order valence-electron chi connectivity index (χ1n) is 7.04. The van der Waals surface area contributed by atoms with Crippen LogP contribution in [0.25, 0.3) is 21.1 Å². The zero-order chi connectivity index (χ0) is 14.9. The van der Waals surface area contributed by atoms with E-state index in [2.05, 4.69) is 67.4 Å². The molecule has 0 unspecified atom stereocenters. The van der Waals surface area contributed by atoms with Crippen molar-refractivity contribution in [2.24, 2.45) is 0 Å². The molecule has 106 valence electrons. The highest BCUT2D eigenvalue weighted by Crippen LogP contribution is 2.36. The molecule has 3 heteroatoms. The molecule has 0 atom stereocenters. The van der Waals surface area contributed by atoms with Crippen molar-refractivity contribution >= 4 is 11.3 Å². The number of nitrogens with zero attached hydrogens (tertiary/aromatic N) is 2. The summed E-state index contributed by atoms with van der Waals surface area (Å²) in [6, 6.07) is 18.7. The van der Waals surface area contributed by atoms with Crippen LogP contribution in [0.4, 0.5) is 0 Å². The van der Waals surface area contributed by atoms with Crippen LogP contribution in [-0.4, -0.2) is 10.2 Å². The third-order valence-electron chi connectivity index (χ3n) is 3.41. The van der Waals surface area contributed by atoms with E-state index in [1.807, 2.05) is 18.2 Å². The molecule has 3 rings (SSSR count). The van der Waals surface area contributed by atoms with Gasteiger partial charge in [-0.2, -0.15) is 0 Å². The molecular weight excluding hydrogens is 276 g/mol. The molecule has 0 fully saturated rings. The third kappa shape index (κ3) is 2.88. The zero-order valence-electron chi connectivity index (χ0n) is 12.5. The van der Waals surface area contributed by atoms with E-state index in [4.69, 9.17) is 0 Å². The van der Waals surface area contributed by atoms with Gasteiger partial charge in [-0.3, -0.25) is 0 Å². The predicted molar refractivity (Wildman–Crippen MR) is 89.5 cm³/mol. The van der Waals surface area contributed by atoms with Crippen molar-refractivity contribution in [3.8, 4) is 21.1 Å². The fourth-order valence-corrected chi connectivity index (χ4v) is 3.24. The third-order valence-corrected chi connectivity index (χ3v) is 4.42. The van der Waals surface area contributed by atoms with E-state index in [0.29, 0.717) is 0 Å². The average molecular weight is 294 g/mol. The van der Waals surface area contributed by atoms with Crippen molar-refractivity contribution < 1.29 is 0 Å². The van der Waals surface area contributed by atoms with E-state index in [1.165, 1.54) is 11.1 Å². The number of aromatic nitrogens is 2. The molecule has 2 nitrogen and oxygen atoms in total. The number of hydrogen-bond acceptors (Lipinski definition) is 3. The minimum absolute atomic E-state index is 0.0924. The van der Waals surface area contributed by atoms with Gasteiger partial charge in [0.05, 0.1) is 0 Å². The molecule has 0 spiro atoms. The maximum atomic E-state index is 4.41. The highest BCUT2D eigenvalue weighted by Gasteiger charge is 2.20. The van der Waals surface area contributed by atoms with Gasteiger partial charge in [0.2, 0.25) is 0 Å². The monoisotopic (exact) mass is 294 g/mol. The maximum Gasteiger partial charge on any atom is 0.148 e. The van der Waals surface area contributed by atoms with Gasteiger partial charge in [0.1, 0.15) is 10.0 Å². The lowest BCUT2D eigenvalue weighted by molar-refractivity contribution is 0.592. The molecule has 0 amide bonds. The summed E-state index contributed by atoms with van der Waals surface area (Å²) in [6.45, 7) is 6.68. The summed E-state index contributed by atoms with van der Waals surface area (Å²) >= 11 is 1.65. The van der Waals surface area contributed by atoms with E-state index >= 15 is 0 Å². The standard InChI is InChI=1S/C18H18N2S/c1-18(2,3)15-12-8-7-11-14(15)17-20-19-16(21-17)13-9-5-4-6-10-13/h4-12H,1-3H3. The van der Waals surface area contributed by atoms with Crippen LogP contribution in [-0.2, 0) is 5.41 Å². The predicted octanol–water partition coefficient (Wildman–Crippen LogP) is 5.17. The van der Waals surface area contributed by atoms with E-state index in [-0.39, 0.29) is 5.41 Å². The van der Waals surface area contributed by atoms with E-state index in [1.54, 1.807) is 11.3 Å². The van der Waals surface area contributed by atoms with E-state index < -0.39 is 0 Å². The lowest BCUT2D eigenvalue weighted by Gasteiger charge is -2.21. The van der Waals surface area contributed by atoms with Crippen molar-refractivity contribution in [3.63, 3.8) is 0 Å². The summed E-state index contributed by atoms with van der Waals surface area (Å²) in [5.41, 5.74) is 3.70. The minimum Gasteiger partial charge on any atom is -0.138 e. The summed E-state index contributed by atoms with van der Waals surface area (Å²) in [5, 5.41) is 10.7. The van der Waals surface area contributed by atoms with Crippen LogP contribution in [0.2, 0.25) is 0 Å². The van der Waals surface area contributed by atoms with Gasteiger partial charge in [-0.1, -0.05) is 86.7 Å². The smallest absolute Gasteiger partial charge is 0.138 e. The van der Waals surface area contributed by atoms with Crippen LogP contribution in [0.15, 0.2) is 54.6 Å². The number of benzene rings is 2. The Morgan fingerprint density at radius 3 is 2.10 bits per heavy atom. The summed E-state index contributed by atoms with van der Waals surface area (Å²) < 4.78 is 0. The molecule has 1 heterocycles. The molecule has 0 radical (unpaired) electrons. The molecule has 0 N–H and O–H groups in total. The molecule has 0 aliphatic heterocycles. The van der Waals surface area contributed by atoms with Gasteiger partial charge in [0.15, 0.2) is 0 Å². The molecule has 0 saturated heterocycles. The van der Waals surface area contributed by atoms with Crippen molar-refractivity contribution in [2.75, 3.05) is 0 Å². The molecule has 0 saturated carbocycles. The van der Waals surface area contributed by atoms with Gasteiger partial charge in [0, 0.05) is 11.1 Å². The first-order chi connectivity index (χ1) is 10.1. The maximum absolute atomic E-state index is 4.41. The molecule has 0 aliphatic rings. The number of hydrogen-bond donors (Lipinski definition) is 0. The fourth-order valence-electron chi connectivity index (χ4n) is 2.35. The summed E-state index contributed by atoms with van der Waals surface area (Å²) in [6.07, 6.45) is 0. The van der Waals surface area contributed by atoms with Gasteiger partial charge in [-0.15, -0.1) is 10.2 Å². The van der Waals surface area contributed by atoms with Crippen LogP contribution in [0.5, 0.6) is 0 Å². The van der Waals surface area contributed by atoms with Crippen molar-refractivity contribution in [1.29, 1.82) is 0 Å². The van der Waals surface area contributed by atoms with Crippen LogP contribution in [0.1, 0.15) is 26.3 Å². The van der Waals surface area contributed by atoms with E-state index in [0.717, 1.165) is 15.6 Å². The van der Waals surface area contributed by atoms with Gasteiger partial charge < -0.3 is 0 Å². The Bertz CT molecular complexity index is 739. The Hall–Kier alpha value is -2.00. The summed E-state index contributed by atoms with van der Waals surface area (Å²) in [4.78, 5) is 0. The largest absolute Gasteiger partial charge is 0.148 e. The van der Waals surface area contributed by atoms with E-state index in [9.17, 15) is 0 Å². The second-order valence-electron chi connectivity index (χ2n) is 6.07. The second kappa shape index (κ2) is 5.41. The van der Waals surface area contributed by atoms with Gasteiger partial charge in [-0.05, 0) is 11.0 Å². The molecule has 2 aromatic carbocycles. The molecule has 21 heavy (non-hydrogen) atoms. The zero-order valence-corrected chi connectivity index (χ0v) is 13.3. The Morgan fingerprint density at radius 1 is 0.762 bits per heavy atom. The molecular formula is C18H18N2S. The van der Waals surface area contributed by atoms with Crippen molar-refractivity contribution in [3.05, 3.63) is 60.2 Å². The number of rotatable bonds is 2. The summed E-state index contributed by atoms with van der Waals surface area (Å²) in [7, 11) is 0. The SMILES string of the molecule is CC(C)(C)c1ccccc1-c1nnc(-c2ccccc2)s1. The fraction of sp³-hybridized carbons (Fsp3) is 0.222. The highest BCUT2D eigenvalue weighted by molar-refractivity contribution is 7.17. The topological polar surface area (TPSA) is 25.8 Å². The Morgan fingerprint density at radius 2 is 1.38 bits per heavy atom. The molecule has 3 aromatic rings. The second-order valence-corrected chi connectivity index (χ2v) is 7.05. The Kier molecular flexibility index (Phi) is 3.60. The van der Waals surface area contributed by atoms with Gasteiger partial charge >= 0.3 is 0 Å². The first-order valence-corrected chi connectivity index (χ1v) is 7.86. The quantitative estimate of drug-likeness (QED) is 0.651. The lowest BCUT2D eigenvalue weighted by Crippen LogP contribution is -2.12. The van der Waals surface area contributed by atoms with Crippen LogP contribution in [0.3, 0.4) is 0 Å². The average Bonchev–Trinajstić information content (AvgIpc) is 2.97. The Labute approximate surface area is 129 Å². The molecule has 0 bridgehead atoms. The summed E-state index contributed by atoms with van der Waals surface area (Å²) in [5.74, 6) is 0.